The zero-order chi connectivity index (χ0) is 7.56. The van der Waals surface area contributed by atoms with E-state index < -0.39 is 0 Å². The minimum absolute atomic E-state index is 0. The second kappa shape index (κ2) is 6.07. The van der Waals surface area contributed by atoms with Crippen LogP contribution in [0.5, 0.6) is 0 Å². The molecular weight excluding hydrogens is 325 g/mol. The van der Waals surface area contributed by atoms with Gasteiger partial charge in [0.15, 0.2) is 0 Å². The molecule has 0 spiro atoms. The second-order valence-corrected chi connectivity index (χ2v) is 2.42. The summed E-state index contributed by atoms with van der Waals surface area (Å²) in [5.74, 6) is 0. The average molecular weight is 340 g/mol. The molecule has 0 aliphatic heterocycles. The minimum atomic E-state index is 0. The molecule has 12 heavy (non-hydrogen) atoms. The van der Waals surface area contributed by atoms with Crippen LogP contribution in [0.4, 0.5) is 10.4 Å². The maximum atomic E-state index is 5.13. The third-order valence-corrected chi connectivity index (χ3v) is 1.49. The number of aryl methyl sites for hydroxylation is 2. The minimum Gasteiger partial charge on any atom is -0.459 e. The van der Waals surface area contributed by atoms with Crippen molar-refractivity contribution >= 4 is 12.4 Å². The van der Waals surface area contributed by atoms with Crippen molar-refractivity contribution in [2.45, 2.75) is 13.8 Å². The van der Waals surface area contributed by atoms with Crippen LogP contribution in [0, 0.1) is 13.8 Å². The fourth-order valence-electron chi connectivity index (χ4n) is 0.950. The van der Waals surface area contributed by atoms with E-state index in [0.29, 0.717) is 0 Å². The summed E-state index contributed by atoms with van der Waals surface area (Å²) in [5.41, 5.74) is 3.23. The van der Waals surface area contributed by atoms with Crippen molar-refractivity contribution in [3.8, 4) is 0 Å². The molecule has 3 heteroatoms. The first-order valence-corrected chi connectivity index (χ1v) is 3.22. The van der Waals surface area contributed by atoms with Gasteiger partial charge in [-0.1, -0.05) is 30.3 Å². The van der Waals surface area contributed by atoms with Crippen molar-refractivity contribution in [2.24, 2.45) is 4.99 Å². The Morgan fingerprint density at radius 2 is 1.92 bits per heavy atom. The largest absolute Gasteiger partial charge is 0.459 e. The molecule has 0 bridgehead atoms. The number of hydrogen-bond acceptors (Lipinski definition) is 1. The molecule has 0 atom stereocenters. The summed E-state index contributed by atoms with van der Waals surface area (Å²) in [6.45, 7) is 9.17. The van der Waals surface area contributed by atoms with E-state index in [2.05, 4.69) is 11.1 Å². The quantitative estimate of drug-likeness (QED) is 0.551. The SMILES string of the molecule is F.[3HH].[CH-]=Nc1ccc(C)cc1C.[W]. The Balaban J connectivity index is -0.000000333. The van der Waals surface area contributed by atoms with E-state index in [1.165, 1.54) is 5.56 Å². The summed E-state index contributed by atoms with van der Waals surface area (Å²) in [5, 5.41) is 0. The predicted octanol–water partition coefficient (Wildman–Crippen LogP) is 2.91. The fourth-order valence-corrected chi connectivity index (χ4v) is 0.950. The number of rotatable bonds is 1. The monoisotopic (exact) mass is 340 g/mol. The van der Waals surface area contributed by atoms with Crippen molar-refractivity contribution in [3.63, 3.8) is 0 Å². The number of benzene rings is 1. The van der Waals surface area contributed by atoms with Gasteiger partial charge in [0.2, 0.25) is 0 Å². The van der Waals surface area contributed by atoms with E-state index in [4.69, 9.17) is 6.72 Å². The molecule has 0 N–H and O–H groups in total. The van der Waals surface area contributed by atoms with E-state index >= 15 is 0 Å². The maximum Gasteiger partial charge on any atom is 0 e. The van der Waals surface area contributed by atoms with E-state index in [1.807, 2.05) is 26.0 Å². The van der Waals surface area contributed by atoms with Crippen LogP contribution < -0.4 is 0 Å². The van der Waals surface area contributed by atoms with Gasteiger partial charge in [0.25, 0.3) is 0 Å². The third kappa shape index (κ3) is 3.27. The first kappa shape index (κ1) is 14.1. The van der Waals surface area contributed by atoms with E-state index in [1.54, 1.807) is 0 Å². The molecule has 0 aliphatic rings. The molecule has 1 aromatic rings. The molecule has 0 saturated heterocycles. The number of halogens is 1. The molecule has 1 aromatic carbocycles. The summed E-state index contributed by atoms with van der Waals surface area (Å²) in [7, 11) is 0. The number of hydrogen-bond donors (Lipinski definition) is 0. The molecule has 0 aromatic heterocycles. The normalized spacial score (nSPS) is 7.83. The molecule has 0 amide bonds. The van der Waals surface area contributed by atoms with Gasteiger partial charge in [-0.05, 0) is 6.92 Å². The average Bonchev–Trinajstić information content (AvgIpc) is 1.88. The van der Waals surface area contributed by atoms with Gasteiger partial charge in [-0.2, -0.15) is 6.72 Å². The van der Waals surface area contributed by atoms with Gasteiger partial charge >= 0.3 is 0 Å². The molecule has 0 unspecified atom stereocenters. The summed E-state index contributed by atoms with van der Waals surface area (Å²) in [6, 6.07) is 5.98. The van der Waals surface area contributed by atoms with Gasteiger partial charge in [0, 0.05) is 22.5 Å². The Labute approximate surface area is 88.0 Å². The van der Waals surface area contributed by atoms with Crippen LogP contribution in [-0.2, 0) is 21.1 Å². The molecule has 0 saturated carbocycles. The van der Waals surface area contributed by atoms with Crippen molar-refractivity contribution in [3.05, 3.63) is 29.3 Å². The van der Waals surface area contributed by atoms with E-state index in [-0.39, 0.29) is 27.2 Å². The first-order valence-electron chi connectivity index (χ1n) is 3.22. The van der Waals surface area contributed by atoms with Crippen LogP contribution in [-0.4, -0.2) is 6.72 Å². The topological polar surface area (TPSA) is 12.4 Å². The zero-order valence-electron chi connectivity index (χ0n) is 7.07. The molecule has 1 rings (SSSR count). The molecule has 0 radical (unpaired) electrons. The fraction of sp³-hybridized carbons (Fsp3) is 0.222. The summed E-state index contributed by atoms with van der Waals surface area (Å²) in [4.78, 5) is 3.61. The van der Waals surface area contributed by atoms with E-state index in [0.717, 1.165) is 11.3 Å². The molecule has 0 fully saturated rings. The van der Waals surface area contributed by atoms with Crippen molar-refractivity contribution in [1.82, 2.24) is 0 Å². The summed E-state index contributed by atoms with van der Waals surface area (Å²) >= 11 is 0. The Hall–Kier alpha value is -0.492. The van der Waals surface area contributed by atoms with Crippen LogP contribution in [0.1, 0.15) is 12.6 Å². The van der Waals surface area contributed by atoms with Gasteiger partial charge in [0.1, 0.15) is 0 Å². The predicted molar refractivity (Wildman–Crippen MR) is 48.7 cm³/mol. The van der Waals surface area contributed by atoms with Gasteiger partial charge in [-0.25, -0.2) is 0 Å². The summed E-state index contributed by atoms with van der Waals surface area (Å²) in [6.07, 6.45) is 0. The molecule has 0 aliphatic carbocycles. The smallest absolute Gasteiger partial charge is 0 e. The second-order valence-electron chi connectivity index (χ2n) is 2.42. The zero-order valence-corrected chi connectivity index (χ0v) is 10.0. The van der Waals surface area contributed by atoms with Gasteiger partial charge < -0.3 is 4.99 Å². The van der Waals surface area contributed by atoms with Crippen molar-refractivity contribution in [2.75, 3.05) is 0 Å². The Morgan fingerprint density at radius 3 is 2.33 bits per heavy atom. The van der Waals surface area contributed by atoms with Crippen LogP contribution in [0.25, 0.3) is 0 Å². The van der Waals surface area contributed by atoms with Crippen molar-refractivity contribution < 1.29 is 27.2 Å². The molecule has 68 valence electrons. The van der Waals surface area contributed by atoms with Gasteiger partial charge in [0.05, 0.1) is 0 Å². The number of aliphatic imine (C=N–C) groups is 1. The third-order valence-electron chi connectivity index (χ3n) is 1.49. The molecule has 0 heterocycles. The van der Waals surface area contributed by atoms with Crippen LogP contribution in [0.2, 0.25) is 0 Å². The van der Waals surface area contributed by atoms with Crippen LogP contribution >= 0.6 is 0 Å². The van der Waals surface area contributed by atoms with Crippen LogP contribution in [0.15, 0.2) is 23.2 Å². The first-order chi connectivity index (χ1) is 4.74. The van der Waals surface area contributed by atoms with Crippen LogP contribution in [0.3, 0.4) is 0 Å². The Bertz CT molecular complexity index is 266. The Morgan fingerprint density at radius 1 is 1.33 bits per heavy atom. The maximum absolute atomic E-state index is 5.13. The van der Waals surface area contributed by atoms with Crippen molar-refractivity contribution in [1.29, 1.82) is 0 Å². The Kier molecular flexibility index (Phi) is 7.11. The van der Waals surface area contributed by atoms with E-state index in [9.17, 15) is 0 Å². The standard InChI is InChI=1S/C9H10N.FH.W.H2/c1-7-4-5-9(10-3)8(2)6-7;;;/h3-6H,1-2H3;1H;;1H/q-1;;;/i;;;1+2. The summed E-state index contributed by atoms with van der Waals surface area (Å²) < 4.78 is 0. The number of nitrogens with zero attached hydrogens (tertiary/aromatic N) is 1. The molecule has 1 nitrogen and oxygen atoms in total. The molecular formula is C9H13FNW-. The van der Waals surface area contributed by atoms with Gasteiger partial charge in [-0.3, -0.25) is 4.70 Å². The van der Waals surface area contributed by atoms with Gasteiger partial charge in [-0.15, -0.1) is 11.6 Å².